The van der Waals surface area contributed by atoms with Gasteiger partial charge in [-0.15, -0.1) is 0 Å². The van der Waals surface area contributed by atoms with Gasteiger partial charge in [-0.25, -0.2) is 4.98 Å². The van der Waals surface area contributed by atoms with E-state index in [9.17, 15) is 14.4 Å². The number of carbonyl (C=O) groups is 2. The maximum Gasteiger partial charge on any atom is 0.261 e. The summed E-state index contributed by atoms with van der Waals surface area (Å²) in [4.78, 5) is 43.1. The molecule has 1 aliphatic heterocycles. The van der Waals surface area contributed by atoms with E-state index in [1.54, 1.807) is 17.0 Å². The molecule has 1 saturated heterocycles. The Balaban J connectivity index is 1.53. The zero-order valence-electron chi connectivity index (χ0n) is 15.7. The molecule has 7 nitrogen and oxygen atoms in total. The average molecular weight is 370 g/mol. The van der Waals surface area contributed by atoms with E-state index in [0.717, 1.165) is 6.42 Å². The molecule has 0 bridgehead atoms. The second-order valence-electron chi connectivity index (χ2n) is 6.96. The third-order valence-corrected chi connectivity index (χ3v) is 5.07. The Kier molecular flexibility index (Phi) is 6.21. The molecule has 0 spiro atoms. The smallest absolute Gasteiger partial charge is 0.261 e. The van der Waals surface area contributed by atoms with Crippen molar-refractivity contribution in [3.05, 3.63) is 40.9 Å². The van der Waals surface area contributed by atoms with Crippen LogP contribution in [0, 0.1) is 5.92 Å². The van der Waals surface area contributed by atoms with Crippen LogP contribution in [-0.2, 0) is 16.1 Å². The van der Waals surface area contributed by atoms with Crippen molar-refractivity contribution in [2.45, 2.75) is 39.2 Å². The molecule has 1 aromatic heterocycles. The van der Waals surface area contributed by atoms with Crippen LogP contribution in [-0.4, -0.2) is 45.9 Å². The predicted molar refractivity (Wildman–Crippen MR) is 103 cm³/mol. The normalized spacial score (nSPS) is 15.1. The molecule has 0 unspecified atom stereocenters. The van der Waals surface area contributed by atoms with E-state index in [-0.39, 0.29) is 29.7 Å². The van der Waals surface area contributed by atoms with E-state index in [1.165, 1.54) is 10.9 Å². The van der Waals surface area contributed by atoms with E-state index in [2.05, 4.69) is 10.3 Å². The summed E-state index contributed by atoms with van der Waals surface area (Å²) in [5.41, 5.74) is 0.535. The molecular formula is C20H26N4O3. The third-order valence-electron chi connectivity index (χ3n) is 5.07. The zero-order valence-corrected chi connectivity index (χ0v) is 15.7. The quantitative estimate of drug-likeness (QED) is 0.836. The van der Waals surface area contributed by atoms with Crippen LogP contribution < -0.4 is 10.9 Å². The first-order valence-electron chi connectivity index (χ1n) is 9.60. The maximum atomic E-state index is 12.5. The van der Waals surface area contributed by atoms with Crippen molar-refractivity contribution in [1.82, 2.24) is 19.8 Å². The molecule has 1 N–H and O–H groups in total. The minimum absolute atomic E-state index is 0.00657. The van der Waals surface area contributed by atoms with E-state index < -0.39 is 0 Å². The molecule has 2 heterocycles. The number of piperidine rings is 1. The van der Waals surface area contributed by atoms with Crippen molar-refractivity contribution in [2.24, 2.45) is 5.92 Å². The van der Waals surface area contributed by atoms with E-state index in [0.29, 0.717) is 49.9 Å². The molecular weight excluding hydrogens is 344 g/mol. The number of aryl methyl sites for hydroxylation is 1. The third kappa shape index (κ3) is 4.53. The second kappa shape index (κ2) is 8.79. The largest absolute Gasteiger partial charge is 0.356 e. The molecule has 0 aliphatic carbocycles. The van der Waals surface area contributed by atoms with Gasteiger partial charge in [0, 0.05) is 38.5 Å². The van der Waals surface area contributed by atoms with Crippen LogP contribution in [0.4, 0.5) is 0 Å². The van der Waals surface area contributed by atoms with Gasteiger partial charge in [0.1, 0.15) is 0 Å². The average Bonchev–Trinajstić information content (AvgIpc) is 2.71. The highest BCUT2D eigenvalue weighted by Crippen LogP contribution is 2.18. The number of nitrogens with zero attached hydrogens (tertiary/aromatic N) is 3. The number of fused-ring (bicyclic) bond motifs is 1. The lowest BCUT2D eigenvalue weighted by Gasteiger charge is -2.31. The molecule has 0 saturated carbocycles. The maximum absolute atomic E-state index is 12.5. The highest BCUT2D eigenvalue weighted by Gasteiger charge is 2.26. The number of likely N-dealkylation sites (tertiary alicyclic amines) is 1. The first kappa shape index (κ1) is 19.1. The second-order valence-corrected chi connectivity index (χ2v) is 6.96. The van der Waals surface area contributed by atoms with Crippen molar-refractivity contribution in [2.75, 3.05) is 19.6 Å². The molecule has 1 aliphatic rings. The first-order chi connectivity index (χ1) is 13.1. The fraction of sp³-hybridized carbons (Fsp3) is 0.500. The van der Waals surface area contributed by atoms with Gasteiger partial charge in [-0.3, -0.25) is 19.0 Å². The number of benzene rings is 1. The Morgan fingerprint density at radius 3 is 2.70 bits per heavy atom. The summed E-state index contributed by atoms with van der Waals surface area (Å²) < 4.78 is 1.49. The standard InChI is InChI=1S/C20H26N4O3/c1-2-10-21-19(26)15-7-11-23(12-8-15)18(25)9-13-24-14-22-17-6-4-3-5-16(17)20(24)27/h3-6,14-15H,2,7-13H2,1H3,(H,21,26). The molecule has 144 valence electrons. The van der Waals surface area contributed by atoms with E-state index >= 15 is 0 Å². The lowest BCUT2D eigenvalue weighted by Crippen LogP contribution is -2.43. The van der Waals surface area contributed by atoms with E-state index in [1.807, 2.05) is 19.1 Å². The fourth-order valence-corrected chi connectivity index (χ4v) is 3.42. The van der Waals surface area contributed by atoms with Crippen LogP contribution in [0.15, 0.2) is 35.4 Å². The number of amides is 2. The highest BCUT2D eigenvalue weighted by atomic mass is 16.2. The summed E-state index contributed by atoms with van der Waals surface area (Å²) >= 11 is 0. The molecule has 2 amide bonds. The zero-order chi connectivity index (χ0) is 19.2. The van der Waals surface area contributed by atoms with Crippen LogP contribution in [0.5, 0.6) is 0 Å². The minimum Gasteiger partial charge on any atom is -0.356 e. The molecule has 3 rings (SSSR count). The number of carbonyl (C=O) groups excluding carboxylic acids is 2. The number of para-hydroxylation sites is 1. The lowest BCUT2D eigenvalue weighted by molar-refractivity contribution is -0.135. The molecule has 1 fully saturated rings. The van der Waals surface area contributed by atoms with Gasteiger partial charge in [-0.2, -0.15) is 0 Å². The Morgan fingerprint density at radius 2 is 1.96 bits per heavy atom. The molecule has 0 atom stereocenters. The Labute approximate surface area is 158 Å². The van der Waals surface area contributed by atoms with Crippen LogP contribution in [0.1, 0.15) is 32.6 Å². The number of rotatable bonds is 6. The van der Waals surface area contributed by atoms with Gasteiger partial charge in [0.2, 0.25) is 11.8 Å². The Bertz CT molecular complexity index is 869. The SMILES string of the molecule is CCCNC(=O)C1CCN(C(=O)CCn2cnc3ccccc3c2=O)CC1. The van der Waals surface area contributed by atoms with Crippen molar-refractivity contribution < 1.29 is 9.59 Å². The Morgan fingerprint density at radius 1 is 1.22 bits per heavy atom. The number of nitrogens with one attached hydrogen (secondary N) is 1. The Hall–Kier alpha value is -2.70. The molecule has 27 heavy (non-hydrogen) atoms. The highest BCUT2D eigenvalue weighted by molar-refractivity contribution is 5.80. The molecule has 7 heteroatoms. The molecule has 1 aromatic carbocycles. The number of hydrogen-bond donors (Lipinski definition) is 1. The lowest BCUT2D eigenvalue weighted by atomic mass is 9.95. The number of hydrogen-bond acceptors (Lipinski definition) is 4. The van der Waals surface area contributed by atoms with Gasteiger partial charge in [-0.05, 0) is 31.4 Å². The van der Waals surface area contributed by atoms with Gasteiger partial charge >= 0.3 is 0 Å². The summed E-state index contributed by atoms with van der Waals surface area (Å²) in [6.07, 6.45) is 4.07. The minimum atomic E-state index is -0.125. The summed E-state index contributed by atoms with van der Waals surface area (Å²) in [7, 11) is 0. The van der Waals surface area contributed by atoms with Crippen molar-refractivity contribution in [3.8, 4) is 0 Å². The summed E-state index contributed by atoms with van der Waals surface area (Å²) in [6, 6.07) is 7.20. The van der Waals surface area contributed by atoms with Gasteiger partial charge < -0.3 is 10.2 Å². The fourth-order valence-electron chi connectivity index (χ4n) is 3.42. The molecule has 2 aromatic rings. The van der Waals surface area contributed by atoms with Gasteiger partial charge in [0.05, 0.1) is 17.2 Å². The monoisotopic (exact) mass is 370 g/mol. The van der Waals surface area contributed by atoms with Crippen LogP contribution in [0.25, 0.3) is 10.9 Å². The number of aromatic nitrogens is 2. The van der Waals surface area contributed by atoms with Gasteiger partial charge in [-0.1, -0.05) is 19.1 Å². The summed E-state index contributed by atoms with van der Waals surface area (Å²) in [6.45, 7) is 4.22. The van der Waals surface area contributed by atoms with E-state index in [4.69, 9.17) is 0 Å². The topological polar surface area (TPSA) is 84.3 Å². The summed E-state index contributed by atoms with van der Waals surface area (Å²) in [5, 5.41) is 3.49. The van der Waals surface area contributed by atoms with Crippen LogP contribution in [0.3, 0.4) is 0 Å². The van der Waals surface area contributed by atoms with Crippen molar-refractivity contribution in [1.29, 1.82) is 0 Å². The predicted octanol–water partition coefficient (Wildman–Crippen LogP) is 1.55. The van der Waals surface area contributed by atoms with Crippen molar-refractivity contribution in [3.63, 3.8) is 0 Å². The summed E-state index contributed by atoms with van der Waals surface area (Å²) in [5.74, 6) is 0.105. The van der Waals surface area contributed by atoms with Crippen LogP contribution in [0.2, 0.25) is 0 Å². The van der Waals surface area contributed by atoms with Crippen LogP contribution >= 0.6 is 0 Å². The van der Waals surface area contributed by atoms with Gasteiger partial charge in [0.15, 0.2) is 0 Å². The van der Waals surface area contributed by atoms with Gasteiger partial charge in [0.25, 0.3) is 5.56 Å². The van der Waals surface area contributed by atoms with Crippen molar-refractivity contribution >= 4 is 22.7 Å². The molecule has 0 radical (unpaired) electrons. The first-order valence-corrected chi connectivity index (χ1v) is 9.60.